The van der Waals surface area contributed by atoms with E-state index in [1.807, 2.05) is 0 Å². The van der Waals surface area contributed by atoms with Crippen LogP contribution in [0.5, 0.6) is 5.75 Å². The standard InChI is InChI=1S/C17H24N2O4S/c1-17(2)11-23-15-9-8-12(10-14(15)18-16(17)20)19-24(21,22)13-6-4-3-5-7-13/h8-10,13,19H,3-7,11H2,1-2H3,(H,18,20). The van der Waals surface area contributed by atoms with E-state index in [4.69, 9.17) is 4.74 Å². The summed E-state index contributed by atoms with van der Waals surface area (Å²) in [6.07, 6.45) is 4.41. The van der Waals surface area contributed by atoms with Crippen molar-refractivity contribution in [3.05, 3.63) is 18.2 Å². The third kappa shape index (κ3) is 3.50. The zero-order valence-electron chi connectivity index (χ0n) is 14.1. The first kappa shape index (κ1) is 17.1. The molecule has 1 saturated carbocycles. The van der Waals surface area contributed by atoms with Gasteiger partial charge < -0.3 is 10.1 Å². The zero-order valence-corrected chi connectivity index (χ0v) is 14.9. The SMILES string of the molecule is CC1(C)COc2ccc(NS(=O)(=O)C3CCCCC3)cc2NC1=O. The van der Waals surface area contributed by atoms with Gasteiger partial charge in [0.2, 0.25) is 15.9 Å². The molecular weight excluding hydrogens is 328 g/mol. The monoisotopic (exact) mass is 352 g/mol. The van der Waals surface area contributed by atoms with Crippen LogP contribution in [0.15, 0.2) is 18.2 Å². The molecule has 0 unspecified atom stereocenters. The number of carbonyl (C=O) groups is 1. The van der Waals surface area contributed by atoms with E-state index in [9.17, 15) is 13.2 Å². The quantitative estimate of drug-likeness (QED) is 0.875. The van der Waals surface area contributed by atoms with Crippen molar-refractivity contribution in [2.24, 2.45) is 5.41 Å². The minimum absolute atomic E-state index is 0.145. The number of hydrogen-bond acceptors (Lipinski definition) is 4. The third-order valence-electron chi connectivity index (χ3n) is 4.68. The van der Waals surface area contributed by atoms with Gasteiger partial charge in [0.05, 0.1) is 22.0 Å². The number of sulfonamides is 1. The van der Waals surface area contributed by atoms with E-state index < -0.39 is 15.4 Å². The molecule has 1 aromatic rings. The van der Waals surface area contributed by atoms with Crippen molar-refractivity contribution in [3.8, 4) is 5.75 Å². The first-order chi connectivity index (χ1) is 11.3. The predicted molar refractivity (Wildman–Crippen MR) is 93.8 cm³/mol. The van der Waals surface area contributed by atoms with Gasteiger partial charge in [0.15, 0.2) is 0 Å². The normalized spacial score (nSPS) is 21.2. The number of fused-ring (bicyclic) bond motifs is 1. The molecule has 1 fully saturated rings. The maximum absolute atomic E-state index is 12.5. The second kappa shape index (κ2) is 6.27. The van der Waals surface area contributed by atoms with Crippen LogP contribution >= 0.6 is 0 Å². The topological polar surface area (TPSA) is 84.5 Å². The average Bonchev–Trinajstić information content (AvgIpc) is 2.65. The molecule has 1 amide bonds. The fourth-order valence-corrected chi connectivity index (χ4v) is 4.63. The summed E-state index contributed by atoms with van der Waals surface area (Å²) in [6, 6.07) is 4.98. The van der Waals surface area contributed by atoms with Crippen molar-refractivity contribution in [3.63, 3.8) is 0 Å². The maximum atomic E-state index is 12.5. The first-order valence-electron chi connectivity index (χ1n) is 8.38. The highest BCUT2D eigenvalue weighted by Gasteiger charge is 2.33. The van der Waals surface area contributed by atoms with E-state index in [0.29, 0.717) is 30.0 Å². The Bertz CT molecular complexity index is 737. The van der Waals surface area contributed by atoms with Gasteiger partial charge in [-0.15, -0.1) is 0 Å². The van der Waals surface area contributed by atoms with Gasteiger partial charge in [-0.3, -0.25) is 9.52 Å². The van der Waals surface area contributed by atoms with Crippen molar-refractivity contribution >= 4 is 27.3 Å². The molecule has 3 rings (SSSR count). The molecule has 1 heterocycles. The molecule has 0 atom stereocenters. The highest BCUT2D eigenvalue weighted by atomic mass is 32.2. The summed E-state index contributed by atoms with van der Waals surface area (Å²) in [5.41, 5.74) is 0.304. The third-order valence-corrected chi connectivity index (χ3v) is 6.55. The molecule has 2 N–H and O–H groups in total. The summed E-state index contributed by atoms with van der Waals surface area (Å²) in [6.45, 7) is 3.89. The second-order valence-corrected chi connectivity index (χ2v) is 9.21. The summed E-state index contributed by atoms with van der Waals surface area (Å²) >= 11 is 0. The molecule has 2 aliphatic rings. The van der Waals surface area contributed by atoms with Crippen LogP contribution in [-0.2, 0) is 14.8 Å². The van der Waals surface area contributed by atoms with Gasteiger partial charge in [0.25, 0.3) is 0 Å². The number of benzene rings is 1. The number of rotatable bonds is 3. The minimum Gasteiger partial charge on any atom is -0.490 e. The molecule has 1 aliphatic carbocycles. The zero-order chi connectivity index (χ0) is 17.4. The van der Waals surface area contributed by atoms with Crippen molar-refractivity contribution in [2.75, 3.05) is 16.6 Å². The van der Waals surface area contributed by atoms with Crippen LogP contribution in [0.4, 0.5) is 11.4 Å². The van der Waals surface area contributed by atoms with E-state index in [2.05, 4.69) is 10.0 Å². The van der Waals surface area contributed by atoms with Gasteiger partial charge in [-0.25, -0.2) is 8.42 Å². The Morgan fingerprint density at radius 2 is 1.92 bits per heavy atom. The van der Waals surface area contributed by atoms with Gasteiger partial charge in [-0.2, -0.15) is 0 Å². The molecular formula is C17H24N2O4S. The Morgan fingerprint density at radius 1 is 1.21 bits per heavy atom. The lowest BCUT2D eigenvalue weighted by Gasteiger charge is -2.22. The average molecular weight is 352 g/mol. The first-order valence-corrected chi connectivity index (χ1v) is 9.92. The van der Waals surface area contributed by atoms with Crippen LogP contribution in [0, 0.1) is 5.41 Å². The summed E-state index contributed by atoms with van der Waals surface area (Å²) in [4.78, 5) is 12.2. The molecule has 0 bridgehead atoms. The van der Waals surface area contributed by atoms with Gasteiger partial charge in [-0.1, -0.05) is 19.3 Å². The highest BCUT2D eigenvalue weighted by molar-refractivity contribution is 7.93. The number of carbonyl (C=O) groups excluding carboxylic acids is 1. The van der Waals surface area contributed by atoms with Gasteiger partial charge in [0, 0.05) is 0 Å². The number of anilines is 2. The van der Waals surface area contributed by atoms with E-state index in [1.54, 1.807) is 32.0 Å². The highest BCUT2D eigenvalue weighted by Crippen LogP contribution is 2.35. The molecule has 24 heavy (non-hydrogen) atoms. The molecule has 0 radical (unpaired) electrons. The minimum atomic E-state index is -3.41. The van der Waals surface area contributed by atoms with Crippen molar-refractivity contribution in [1.82, 2.24) is 0 Å². The van der Waals surface area contributed by atoms with Crippen LogP contribution < -0.4 is 14.8 Å². The summed E-state index contributed by atoms with van der Waals surface area (Å²) in [5, 5.41) is 2.48. The fraction of sp³-hybridized carbons (Fsp3) is 0.588. The van der Waals surface area contributed by atoms with E-state index in [-0.39, 0.29) is 17.8 Å². The van der Waals surface area contributed by atoms with Gasteiger partial charge in [-0.05, 0) is 44.9 Å². The van der Waals surface area contributed by atoms with Crippen molar-refractivity contribution < 1.29 is 17.9 Å². The number of hydrogen-bond donors (Lipinski definition) is 2. The lowest BCUT2D eigenvalue weighted by atomic mass is 9.94. The Morgan fingerprint density at radius 3 is 2.62 bits per heavy atom. The Balaban J connectivity index is 1.80. The van der Waals surface area contributed by atoms with Gasteiger partial charge >= 0.3 is 0 Å². The van der Waals surface area contributed by atoms with Crippen LogP contribution in [0.1, 0.15) is 46.0 Å². The van der Waals surface area contributed by atoms with Crippen LogP contribution in [0.3, 0.4) is 0 Å². The summed E-state index contributed by atoms with van der Waals surface area (Å²) in [5.74, 6) is 0.406. The van der Waals surface area contributed by atoms with E-state index in [0.717, 1.165) is 19.3 Å². The Labute approximate surface area is 143 Å². The molecule has 132 valence electrons. The van der Waals surface area contributed by atoms with E-state index in [1.165, 1.54) is 0 Å². The van der Waals surface area contributed by atoms with Crippen LogP contribution in [-0.4, -0.2) is 26.2 Å². The fourth-order valence-electron chi connectivity index (χ4n) is 3.06. The summed E-state index contributed by atoms with van der Waals surface area (Å²) in [7, 11) is -3.41. The smallest absolute Gasteiger partial charge is 0.235 e. The molecule has 0 aromatic heterocycles. The molecule has 7 heteroatoms. The van der Waals surface area contributed by atoms with Crippen molar-refractivity contribution in [2.45, 2.75) is 51.2 Å². The number of amides is 1. The maximum Gasteiger partial charge on any atom is 0.235 e. The largest absolute Gasteiger partial charge is 0.490 e. The Kier molecular flexibility index (Phi) is 4.46. The summed E-state index contributed by atoms with van der Waals surface area (Å²) < 4.78 is 33.4. The molecule has 1 aromatic carbocycles. The number of nitrogens with one attached hydrogen (secondary N) is 2. The number of ether oxygens (including phenoxy) is 1. The second-order valence-electron chi connectivity index (χ2n) is 7.24. The van der Waals surface area contributed by atoms with Gasteiger partial charge in [0.1, 0.15) is 12.4 Å². The van der Waals surface area contributed by atoms with E-state index >= 15 is 0 Å². The molecule has 0 spiro atoms. The predicted octanol–water partition coefficient (Wildman–Crippen LogP) is 3.12. The molecule has 1 aliphatic heterocycles. The molecule has 0 saturated heterocycles. The lowest BCUT2D eigenvalue weighted by molar-refractivity contribution is -0.124. The lowest BCUT2D eigenvalue weighted by Crippen LogP contribution is -2.33. The Hall–Kier alpha value is -1.76. The van der Waals surface area contributed by atoms with Crippen LogP contribution in [0.25, 0.3) is 0 Å². The van der Waals surface area contributed by atoms with Crippen molar-refractivity contribution in [1.29, 1.82) is 0 Å². The van der Waals surface area contributed by atoms with Crippen LogP contribution in [0.2, 0.25) is 0 Å². The molecule has 6 nitrogen and oxygen atoms in total.